The molecule has 1 aliphatic rings. The summed E-state index contributed by atoms with van der Waals surface area (Å²) in [6.45, 7) is 0.505. The largest absolute Gasteiger partial charge is 0.392 e. The summed E-state index contributed by atoms with van der Waals surface area (Å²) in [4.78, 5) is 4.23. The Morgan fingerprint density at radius 3 is 3.10 bits per heavy atom. The highest BCUT2D eigenvalue weighted by Crippen LogP contribution is 2.23. The molecule has 1 saturated heterocycles. The predicted octanol–water partition coefficient (Wildman–Crippen LogP) is 1.85. The van der Waals surface area contributed by atoms with E-state index in [4.69, 9.17) is 16.1 Å². The zero-order valence-electron chi connectivity index (χ0n) is 10.5. The van der Waals surface area contributed by atoms with Gasteiger partial charge in [0.1, 0.15) is 5.82 Å². The monoisotopic (exact) mass is 297 g/mol. The van der Waals surface area contributed by atoms with Crippen molar-refractivity contribution in [1.82, 2.24) is 15.5 Å². The van der Waals surface area contributed by atoms with Gasteiger partial charge in [-0.05, 0) is 18.1 Å². The van der Waals surface area contributed by atoms with E-state index in [1.54, 1.807) is 12.1 Å². The second kappa shape index (κ2) is 5.47. The highest BCUT2D eigenvalue weighted by Gasteiger charge is 2.28. The fourth-order valence-electron chi connectivity index (χ4n) is 2.24. The number of aliphatic hydroxyl groups excluding tert-OH is 1. The van der Waals surface area contributed by atoms with Gasteiger partial charge in [0, 0.05) is 13.0 Å². The summed E-state index contributed by atoms with van der Waals surface area (Å²) >= 11 is 5.73. The maximum atomic E-state index is 13.8. The Morgan fingerprint density at radius 1 is 1.50 bits per heavy atom. The summed E-state index contributed by atoms with van der Waals surface area (Å²) in [5.41, 5.74) is 0.421. The molecule has 106 valence electrons. The van der Waals surface area contributed by atoms with Gasteiger partial charge >= 0.3 is 0 Å². The molecule has 2 heterocycles. The third-order valence-corrected chi connectivity index (χ3v) is 3.56. The van der Waals surface area contributed by atoms with E-state index < -0.39 is 11.9 Å². The summed E-state index contributed by atoms with van der Waals surface area (Å²) in [5, 5.41) is 16.4. The first kappa shape index (κ1) is 13.5. The summed E-state index contributed by atoms with van der Waals surface area (Å²) in [6.07, 6.45) is 0.346. The van der Waals surface area contributed by atoms with Crippen LogP contribution in [0.5, 0.6) is 0 Å². The normalized spacial score (nSPS) is 22.4. The number of β-amino-alcohol motifs (C(OH)–C–C–N with tert-alkyl or cyclic N) is 1. The van der Waals surface area contributed by atoms with E-state index in [9.17, 15) is 9.50 Å². The first-order chi connectivity index (χ1) is 9.63. The molecule has 3 rings (SSSR count). The molecule has 0 amide bonds. The Balaban J connectivity index is 1.76. The lowest BCUT2D eigenvalue weighted by Gasteiger charge is -2.02. The van der Waals surface area contributed by atoms with Crippen LogP contribution in [0.1, 0.15) is 29.7 Å². The van der Waals surface area contributed by atoms with Gasteiger partial charge in [-0.2, -0.15) is 4.98 Å². The minimum Gasteiger partial charge on any atom is -0.392 e. The SMILES string of the molecule is O[C@H]1CN[C@H](c2nc(Cc3cccc(Cl)c3F)no2)C1. The lowest BCUT2D eigenvalue weighted by molar-refractivity contribution is 0.191. The molecule has 7 heteroatoms. The molecule has 1 aromatic heterocycles. The van der Waals surface area contributed by atoms with E-state index in [0.29, 0.717) is 30.2 Å². The first-order valence-corrected chi connectivity index (χ1v) is 6.68. The average Bonchev–Trinajstić information content (AvgIpc) is 3.04. The number of rotatable bonds is 3. The highest BCUT2D eigenvalue weighted by molar-refractivity contribution is 6.30. The molecular formula is C13H13ClFN3O2. The Kier molecular flexibility index (Phi) is 3.69. The van der Waals surface area contributed by atoms with Crippen molar-refractivity contribution in [2.24, 2.45) is 0 Å². The Labute approximate surface area is 119 Å². The van der Waals surface area contributed by atoms with Crippen LogP contribution < -0.4 is 5.32 Å². The first-order valence-electron chi connectivity index (χ1n) is 6.30. The van der Waals surface area contributed by atoms with Crippen LogP contribution in [-0.4, -0.2) is 27.9 Å². The molecule has 0 bridgehead atoms. The topological polar surface area (TPSA) is 71.2 Å². The second-order valence-electron chi connectivity index (χ2n) is 4.79. The number of aromatic nitrogens is 2. The Bertz CT molecular complexity index is 619. The molecule has 20 heavy (non-hydrogen) atoms. The smallest absolute Gasteiger partial charge is 0.243 e. The number of aliphatic hydroxyl groups is 1. The summed E-state index contributed by atoms with van der Waals surface area (Å²) in [6, 6.07) is 4.66. The fourth-order valence-corrected chi connectivity index (χ4v) is 2.44. The standard InChI is InChI=1S/C13H13ClFN3O2/c14-9-3-1-2-7(12(9)15)4-11-17-13(20-18-11)10-5-8(19)6-16-10/h1-3,8,10,16,19H,4-6H2/t8-,10+/m1/s1. The molecule has 5 nitrogen and oxygen atoms in total. The van der Waals surface area contributed by atoms with E-state index in [2.05, 4.69) is 15.5 Å². The summed E-state index contributed by atoms with van der Waals surface area (Å²) in [5.74, 6) is 0.346. The van der Waals surface area contributed by atoms with Gasteiger partial charge in [-0.3, -0.25) is 0 Å². The van der Waals surface area contributed by atoms with Crippen molar-refractivity contribution in [2.45, 2.75) is 25.0 Å². The molecule has 0 aliphatic carbocycles. The molecule has 1 aliphatic heterocycles. The van der Waals surface area contributed by atoms with E-state index >= 15 is 0 Å². The van der Waals surface area contributed by atoms with E-state index in [1.807, 2.05) is 0 Å². The molecule has 2 atom stereocenters. The van der Waals surface area contributed by atoms with Gasteiger partial charge in [0.25, 0.3) is 0 Å². The number of hydrogen-bond acceptors (Lipinski definition) is 5. The van der Waals surface area contributed by atoms with Crippen molar-refractivity contribution in [3.05, 3.63) is 46.3 Å². The zero-order valence-corrected chi connectivity index (χ0v) is 11.3. The second-order valence-corrected chi connectivity index (χ2v) is 5.20. The molecule has 0 unspecified atom stereocenters. The third-order valence-electron chi connectivity index (χ3n) is 3.27. The summed E-state index contributed by atoms with van der Waals surface area (Å²) in [7, 11) is 0. The van der Waals surface area contributed by atoms with Gasteiger partial charge in [0.2, 0.25) is 5.89 Å². The number of hydrogen-bond donors (Lipinski definition) is 2. The van der Waals surface area contributed by atoms with Crippen molar-refractivity contribution in [3.8, 4) is 0 Å². The molecule has 1 aromatic carbocycles. The van der Waals surface area contributed by atoms with E-state index in [0.717, 1.165) is 0 Å². The summed E-state index contributed by atoms with van der Waals surface area (Å²) < 4.78 is 18.9. The molecule has 2 N–H and O–H groups in total. The van der Waals surface area contributed by atoms with Crippen LogP contribution in [0.3, 0.4) is 0 Å². The molecular weight excluding hydrogens is 285 g/mol. The van der Waals surface area contributed by atoms with Crippen molar-refractivity contribution in [1.29, 1.82) is 0 Å². The molecule has 1 fully saturated rings. The van der Waals surface area contributed by atoms with Gasteiger partial charge in [0.05, 0.1) is 17.2 Å². The van der Waals surface area contributed by atoms with Crippen LogP contribution >= 0.6 is 11.6 Å². The third kappa shape index (κ3) is 2.67. The van der Waals surface area contributed by atoms with Gasteiger partial charge in [0.15, 0.2) is 5.82 Å². The van der Waals surface area contributed by atoms with Crippen LogP contribution in [0.2, 0.25) is 5.02 Å². The molecule has 2 aromatic rings. The van der Waals surface area contributed by atoms with Crippen LogP contribution in [0, 0.1) is 5.82 Å². The number of nitrogens with one attached hydrogen (secondary N) is 1. The molecule has 0 radical (unpaired) electrons. The predicted molar refractivity (Wildman–Crippen MR) is 69.9 cm³/mol. The van der Waals surface area contributed by atoms with E-state index in [-0.39, 0.29) is 17.5 Å². The lowest BCUT2D eigenvalue weighted by atomic mass is 10.1. The minimum atomic E-state index is -0.463. The quantitative estimate of drug-likeness (QED) is 0.904. The van der Waals surface area contributed by atoms with Crippen LogP contribution in [0.15, 0.2) is 22.7 Å². The van der Waals surface area contributed by atoms with Crippen LogP contribution in [0.25, 0.3) is 0 Å². The maximum absolute atomic E-state index is 13.8. The number of halogens is 2. The zero-order chi connectivity index (χ0) is 14.1. The van der Waals surface area contributed by atoms with Crippen LogP contribution in [0.4, 0.5) is 4.39 Å². The van der Waals surface area contributed by atoms with Crippen LogP contribution in [-0.2, 0) is 6.42 Å². The molecule has 0 saturated carbocycles. The van der Waals surface area contributed by atoms with Gasteiger partial charge in [-0.15, -0.1) is 0 Å². The molecule has 0 spiro atoms. The Morgan fingerprint density at radius 2 is 2.35 bits per heavy atom. The van der Waals surface area contributed by atoms with Gasteiger partial charge < -0.3 is 14.9 Å². The Hall–Kier alpha value is -1.50. The van der Waals surface area contributed by atoms with Crippen molar-refractivity contribution >= 4 is 11.6 Å². The van der Waals surface area contributed by atoms with Crippen molar-refractivity contribution < 1.29 is 14.0 Å². The highest BCUT2D eigenvalue weighted by atomic mass is 35.5. The minimum absolute atomic E-state index is 0.0757. The number of nitrogens with zero attached hydrogens (tertiary/aromatic N) is 2. The lowest BCUT2D eigenvalue weighted by Crippen LogP contribution is -2.15. The van der Waals surface area contributed by atoms with Crippen molar-refractivity contribution in [2.75, 3.05) is 6.54 Å². The fraction of sp³-hybridized carbons (Fsp3) is 0.385. The average molecular weight is 298 g/mol. The van der Waals surface area contributed by atoms with Gasteiger partial charge in [-0.1, -0.05) is 28.9 Å². The van der Waals surface area contributed by atoms with Crippen molar-refractivity contribution in [3.63, 3.8) is 0 Å². The van der Waals surface area contributed by atoms with E-state index in [1.165, 1.54) is 6.07 Å². The number of benzene rings is 1. The maximum Gasteiger partial charge on any atom is 0.243 e. The van der Waals surface area contributed by atoms with Gasteiger partial charge in [-0.25, -0.2) is 4.39 Å².